The lowest BCUT2D eigenvalue weighted by Gasteiger charge is -2.02. The molecule has 0 aromatic heterocycles. The maximum Gasteiger partial charge on any atom is 0.0577 e. The number of hydrogen-bond acceptors (Lipinski definition) is 1. The standard InChI is InChI=1S/C6H12O/c1-4-5-6(2)7-3/h4,6H,1,5H2,2-3H3/t6-/m0/s1. The fourth-order valence-corrected chi connectivity index (χ4v) is 0.331. The Bertz CT molecular complexity index is 50.1. The summed E-state index contributed by atoms with van der Waals surface area (Å²) >= 11 is 0. The van der Waals surface area contributed by atoms with Crippen molar-refractivity contribution < 1.29 is 4.74 Å². The molecule has 0 aliphatic rings. The van der Waals surface area contributed by atoms with E-state index < -0.39 is 0 Å². The summed E-state index contributed by atoms with van der Waals surface area (Å²) in [7, 11) is 1.70. The summed E-state index contributed by atoms with van der Waals surface area (Å²) in [5, 5.41) is 0. The quantitative estimate of drug-likeness (QED) is 0.489. The molecule has 7 heavy (non-hydrogen) atoms. The third-order valence-corrected chi connectivity index (χ3v) is 0.901. The summed E-state index contributed by atoms with van der Waals surface area (Å²) in [5.74, 6) is 0. The van der Waals surface area contributed by atoms with Crippen molar-refractivity contribution in [3.8, 4) is 0 Å². The van der Waals surface area contributed by atoms with E-state index in [2.05, 4.69) is 6.58 Å². The fourth-order valence-electron chi connectivity index (χ4n) is 0.331. The Hall–Kier alpha value is -0.300. The SMILES string of the molecule is C=CC[C@H](C)OC. The van der Waals surface area contributed by atoms with Crippen molar-refractivity contribution in [1.29, 1.82) is 0 Å². The first-order valence-electron chi connectivity index (χ1n) is 2.45. The van der Waals surface area contributed by atoms with Gasteiger partial charge in [0.15, 0.2) is 0 Å². The highest BCUT2D eigenvalue weighted by Gasteiger charge is 1.90. The van der Waals surface area contributed by atoms with Gasteiger partial charge in [-0.05, 0) is 13.3 Å². The summed E-state index contributed by atoms with van der Waals surface area (Å²) in [4.78, 5) is 0. The van der Waals surface area contributed by atoms with Crippen LogP contribution in [-0.4, -0.2) is 13.2 Å². The predicted molar refractivity (Wildman–Crippen MR) is 31.3 cm³/mol. The van der Waals surface area contributed by atoms with E-state index in [1.807, 2.05) is 13.0 Å². The third-order valence-electron chi connectivity index (χ3n) is 0.901. The van der Waals surface area contributed by atoms with E-state index in [1.165, 1.54) is 0 Å². The zero-order valence-corrected chi connectivity index (χ0v) is 4.98. The molecule has 0 aliphatic heterocycles. The zero-order chi connectivity index (χ0) is 5.70. The normalized spacial score (nSPS) is 13.4. The molecule has 0 aromatic carbocycles. The van der Waals surface area contributed by atoms with Crippen LogP contribution in [0.4, 0.5) is 0 Å². The van der Waals surface area contributed by atoms with Crippen molar-refractivity contribution in [2.75, 3.05) is 7.11 Å². The molecule has 0 N–H and O–H groups in total. The van der Waals surface area contributed by atoms with Gasteiger partial charge in [0, 0.05) is 7.11 Å². The Morgan fingerprint density at radius 1 is 1.86 bits per heavy atom. The molecule has 1 nitrogen and oxygen atoms in total. The van der Waals surface area contributed by atoms with Gasteiger partial charge in [-0.3, -0.25) is 0 Å². The van der Waals surface area contributed by atoms with Gasteiger partial charge < -0.3 is 4.74 Å². The Morgan fingerprint density at radius 2 is 2.43 bits per heavy atom. The lowest BCUT2D eigenvalue weighted by atomic mass is 10.3. The Kier molecular flexibility index (Phi) is 3.71. The van der Waals surface area contributed by atoms with Crippen molar-refractivity contribution in [3.05, 3.63) is 12.7 Å². The van der Waals surface area contributed by atoms with E-state index in [0.29, 0.717) is 6.10 Å². The first kappa shape index (κ1) is 6.70. The highest BCUT2D eigenvalue weighted by atomic mass is 16.5. The van der Waals surface area contributed by atoms with Crippen LogP contribution in [0, 0.1) is 0 Å². The second kappa shape index (κ2) is 3.88. The van der Waals surface area contributed by atoms with Crippen molar-refractivity contribution >= 4 is 0 Å². The molecule has 0 radical (unpaired) electrons. The molecule has 0 heterocycles. The van der Waals surface area contributed by atoms with E-state index in [9.17, 15) is 0 Å². The molecule has 0 fully saturated rings. The second-order valence-corrected chi connectivity index (χ2v) is 1.57. The molecule has 0 rings (SSSR count). The molecule has 42 valence electrons. The number of methoxy groups -OCH3 is 1. The summed E-state index contributed by atoms with van der Waals surface area (Å²) < 4.78 is 4.92. The average molecular weight is 100 g/mol. The van der Waals surface area contributed by atoms with Gasteiger partial charge in [-0.25, -0.2) is 0 Å². The summed E-state index contributed by atoms with van der Waals surface area (Å²) in [5.41, 5.74) is 0. The van der Waals surface area contributed by atoms with Crippen LogP contribution in [-0.2, 0) is 4.74 Å². The van der Waals surface area contributed by atoms with Crippen molar-refractivity contribution in [3.63, 3.8) is 0 Å². The topological polar surface area (TPSA) is 9.23 Å². The van der Waals surface area contributed by atoms with Crippen molar-refractivity contribution in [2.45, 2.75) is 19.4 Å². The largest absolute Gasteiger partial charge is 0.381 e. The molecule has 0 amide bonds. The highest BCUT2D eigenvalue weighted by Crippen LogP contribution is 1.92. The molecule has 0 saturated carbocycles. The molecular weight excluding hydrogens is 88.1 g/mol. The van der Waals surface area contributed by atoms with Gasteiger partial charge in [-0.2, -0.15) is 0 Å². The number of hydrogen-bond donors (Lipinski definition) is 0. The average Bonchev–Trinajstić information content (AvgIpc) is 1.68. The van der Waals surface area contributed by atoms with Gasteiger partial charge in [-0.1, -0.05) is 6.08 Å². The van der Waals surface area contributed by atoms with Crippen LogP contribution >= 0.6 is 0 Å². The smallest absolute Gasteiger partial charge is 0.0577 e. The van der Waals surface area contributed by atoms with Gasteiger partial charge >= 0.3 is 0 Å². The fraction of sp³-hybridized carbons (Fsp3) is 0.667. The monoisotopic (exact) mass is 100 g/mol. The minimum Gasteiger partial charge on any atom is -0.381 e. The van der Waals surface area contributed by atoms with Crippen LogP contribution in [0.15, 0.2) is 12.7 Å². The van der Waals surface area contributed by atoms with Gasteiger partial charge in [0.25, 0.3) is 0 Å². The van der Waals surface area contributed by atoms with Gasteiger partial charge in [-0.15, -0.1) is 6.58 Å². The van der Waals surface area contributed by atoms with E-state index in [0.717, 1.165) is 6.42 Å². The van der Waals surface area contributed by atoms with Crippen LogP contribution in [0.1, 0.15) is 13.3 Å². The van der Waals surface area contributed by atoms with E-state index in [-0.39, 0.29) is 0 Å². The van der Waals surface area contributed by atoms with E-state index in [4.69, 9.17) is 4.74 Å². The van der Waals surface area contributed by atoms with Crippen LogP contribution in [0.3, 0.4) is 0 Å². The first-order chi connectivity index (χ1) is 3.31. The minimum absolute atomic E-state index is 0.331. The van der Waals surface area contributed by atoms with Crippen LogP contribution in [0.2, 0.25) is 0 Å². The molecule has 1 heteroatoms. The van der Waals surface area contributed by atoms with Gasteiger partial charge in [0.05, 0.1) is 6.10 Å². The maximum atomic E-state index is 4.92. The number of ether oxygens (including phenoxy) is 1. The summed E-state index contributed by atoms with van der Waals surface area (Å²) in [6.45, 7) is 5.58. The van der Waals surface area contributed by atoms with E-state index in [1.54, 1.807) is 7.11 Å². The first-order valence-corrected chi connectivity index (χ1v) is 2.45. The van der Waals surface area contributed by atoms with Crippen molar-refractivity contribution in [2.24, 2.45) is 0 Å². The molecule has 0 spiro atoms. The lowest BCUT2D eigenvalue weighted by Crippen LogP contribution is -2.01. The Morgan fingerprint density at radius 3 is 2.57 bits per heavy atom. The maximum absolute atomic E-state index is 4.92. The molecule has 0 saturated heterocycles. The summed E-state index contributed by atoms with van der Waals surface area (Å²) in [6.07, 6.45) is 3.13. The van der Waals surface area contributed by atoms with Gasteiger partial charge in [0.2, 0.25) is 0 Å². The third kappa shape index (κ3) is 3.53. The van der Waals surface area contributed by atoms with Crippen LogP contribution < -0.4 is 0 Å². The predicted octanol–water partition coefficient (Wildman–Crippen LogP) is 1.60. The van der Waals surface area contributed by atoms with Gasteiger partial charge in [0.1, 0.15) is 0 Å². The molecule has 1 atom stereocenters. The molecule has 0 aliphatic carbocycles. The lowest BCUT2D eigenvalue weighted by molar-refractivity contribution is 0.121. The second-order valence-electron chi connectivity index (χ2n) is 1.57. The molecular formula is C6H12O. The summed E-state index contributed by atoms with van der Waals surface area (Å²) in [6, 6.07) is 0. The van der Waals surface area contributed by atoms with E-state index >= 15 is 0 Å². The number of rotatable bonds is 3. The van der Waals surface area contributed by atoms with Crippen LogP contribution in [0.5, 0.6) is 0 Å². The highest BCUT2D eigenvalue weighted by molar-refractivity contribution is 4.69. The Labute approximate surface area is 45.0 Å². The van der Waals surface area contributed by atoms with Crippen LogP contribution in [0.25, 0.3) is 0 Å². The zero-order valence-electron chi connectivity index (χ0n) is 4.98. The minimum atomic E-state index is 0.331. The Balaban J connectivity index is 2.98. The molecule has 0 unspecified atom stereocenters. The van der Waals surface area contributed by atoms with Crippen molar-refractivity contribution in [1.82, 2.24) is 0 Å². The molecule has 0 aromatic rings. The molecule has 0 bridgehead atoms.